The van der Waals surface area contributed by atoms with Crippen molar-refractivity contribution in [3.63, 3.8) is 0 Å². The van der Waals surface area contributed by atoms with Crippen LogP contribution in [0.3, 0.4) is 0 Å². The summed E-state index contributed by atoms with van der Waals surface area (Å²) in [5.41, 5.74) is 7.56. The maximum absolute atomic E-state index is 13.2. The quantitative estimate of drug-likeness (QED) is 0.155. The number of likely N-dealkylation sites (tertiary alicyclic amines) is 1. The molecule has 44 heavy (non-hydrogen) atoms. The van der Waals surface area contributed by atoms with Gasteiger partial charge >= 0.3 is 0 Å². The van der Waals surface area contributed by atoms with Crippen molar-refractivity contribution in [1.29, 1.82) is 0 Å². The highest BCUT2D eigenvalue weighted by atomic mass is 16.2. The van der Waals surface area contributed by atoms with Gasteiger partial charge in [0.2, 0.25) is 0 Å². The Kier molecular flexibility index (Phi) is 8.29. The third-order valence-electron chi connectivity index (χ3n) is 8.18. The van der Waals surface area contributed by atoms with Crippen LogP contribution in [0.1, 0.15) is 56.1 Å². The second-order valence-corrected chi connectivity index (χ2v) is 11.2. The lowest BCUT2D eigenvalue weighted by Crippen LogP contribution is -2.33. The number of anilines is 4. The molecule has 0 radical (unpaired) electrons. The third kappa shape index (κ3) is 6.14. The van der Waals surface area contributed by atoms with E-state index in [1.165, 1.54) is 12.8 Å². The van der Waals surface area contributed by atoms with Gasteiger partial charge in [0.1, 0.15) is 0 Å². The van der Waals surface area contributed by atoms with Gasteiger partial charge in [-0.05, 0) is 87.8 Å². The fourth-order valence-electron chi connectivity index (χ4n) is 5.91. The van der Waals surface area contributed by atoms with Crippen LogP contribution in [-0.2, 0) is 4.79 Å². The number of nitrogens with one attached hydrogen (secondary N) is 5. The summed E-state index contributed by atoms with van der Waals surface area (Å²) in [6, 6.07) is 22.2. The standard InChI is InChI=1S/C35H36N6O3/c1-22-30(37-23(2)31(22)35(44)36-16-19-41-17-6-7-18-41)21-28-27-14-9-15-29(32(27)40-34(28)43)38-25-12-8-13-26(20-25)39-33(42)24-10-4-3-5-11-24/h3-5,8-15,20-21,37-38H,6-7,16-19H2,1-2H3,(H,36,44)(H,39,42)(H,40,43). The number of fused-ring (bicyclic) bond motifs is 1. The number of amides is 3. The second kappa shape index (κ2) is 12.6. The number of hydrogen-bond acceptors (Lipinski definition) is 5. The first kappa shape index (κ1) is 28.9. The number of rotatable bonds is 9. The summed E-state index contributed by atoms with van der Waals surface area (Å²) in [5, 5.41) is 12.4. The molecule has 3 aromatic carbocycles. The molecule has 1 fully saturated rings. The lowest BCUT2D eigenvalue weighted by molar-refractivity contribution is -0.110. The largest absolute Gasteiger partial charge is 0.358 e. The summed E-state index contributed by atoms with van der Waals surface area (Å²) >= 11 is 0. The highest BCUT2D eigenvalue weighted by molar-refractivity contribution is 6.36. The molecule has 2 aliphatic rings. The SMILES string of the molecule is Cc1[nH]c(C=C2C(=O)Nc3c(Nc4cccc(NC(=O)c5ccccc5)c4)cccc32)c(C)c1C(=O)NCCN1CCCC1. The van der Waals surface area contributed by atoms with E-state index in [0.29, 0.717) is 34.6 Å². The van der Waals surface area contributed by atoms with Gasteiger partial charge in [-0.2, -0.15) is 0 Å². The molecule has 1 saturated heterocycles. The van der Waals surface area contributed by atoms with Crippen LogP contribution < -0.4 is 21.3 Å². The number of aromatic nitrogens is 1. The molecule has 0 spiro atoms. The van der Waals surface area contributed by atoms with Crippen molar-refractivity contribution in [1.82, 2.24) is 15.2 Å². The predicted molar refractivity (Wildman–Crippen MR) is 175 cm³/mol. The molecular formula is C35H36N6O3. The molecule has 0 atom stereocenters. The van der Waals surface area contributed by atoms with Crippen molar-refractivity contribution in [3.8, 4) is 0 Å². The summed E-state index contributed by atoms with van der Waals surface area (Å²) in [5.74, 6) is -0.519. The van der Waals surface area contributed by atoms with Gasteiger partial charge in [0.15, 0.2) is 0 Å². The van der Waals surface area contributed by atoms with E-state index in [0.717, 1.165) is 53.5 Å². The van der Waals surface area contributed by atoms with Gasteiger partial charge in [0.25, 0.3) is 17.7 Å². The van der Waals surface area contributed by atoms with Gasteiger partial charge in [0, 0.05) is 47.0 Å². The minimum absolute atomic E-state index is 0.106. The summed E-state index contributed by atoms with van der Waals surface area (Å²) in [7, 11) is 0. The van der Waals surface area contributed by atoms with Gasteiger partial charge in [-0.3, -0.25) is 14.4 Å². The highest BCUT2D eigenvalue weighted by Gasteiger charge is 2.28. The minimum atomic E-state index is -0.221. The van der Waals surface area contributed by atoms with Crippen molar-refractivity contribution in [3.05, 3.63) is 106 Å². The smallest absolute Gasteiger partial charge is 0.256 e. The van der Waals surface area contributed by atoms with Crippen LogP contribution in [0.4, 0.5) is 22.7 Å². The van der Waals surface area contributed by atoms with Gasteiger partial charge in [-0.15, -0.1) is 0 Å². The number of aryl methyl sites for hydroxylation is 1. The van der Waals surface area contributed by atoms with Crippen LogP contribution in [0.2, 0.25) is 0 Å². The van der Waals surface area contributed by atoms with Gasteiger partial charge < -0.3 is 31.2 Å². The minimum Gasteiger partial charge on any atom is -0.358 e. The van der Waals surface area contributed by atoms with E-state index in [4.69, 9.17) is 0 Å². The molecule has 6 rings (SSSR count). The van der Waals surface area contributed by atoms with Gasteiger partial charge in [0.05, 0.1) is 22.5 Å². The number of carbonyl (C=O) groups is 3. The lowest BCUT2D eigenvalue weighted by atomic mass is 10.0. The number of para-hydroxylation sites is 1. The van der Waals surface area contributed by atoms with E-state index < -0.39 is 0 Å². The first-order chi connectivity index (χ1) is 21.4. The average Bonchev–Trinajstić information content (AvgIpc) is 3.72. The van der Waals surface area contributed by atoms with Crippen LogP contribution in [0.5, 0.6) is 0 Å². The zero-order valence-electron chi connectivity index (χ0n) is 24.9. The normalized spacial score (nSPS) is 15.2. The molecule has 3 heterocycles. The molecule has 0 bridgehead atoms. The molecule has 1 aromatic heterocycles. The molecule has 9 heteroatoms. The topological polar surface area (TPSA) is 118 Å². The van der Waals surface area contributed by atoms with E-state index in [1.54, 1.807) is 12.1 Å². The second-order valence-electron chi connectivity index (χ2n) is 11.2. The Morgan fingerprint density at radius 1 is 0.909 bits per heavy atom. The maximum atomic E-state index is 13.2. The molecule has 2 aliphatic heterocycles. The lowest BCUT2D eigenvalue weighted by Gasteiger charge is -2.14. The zero-order valence-corrected chi connectivity index (χ0v) is 24.9. The Labute approximate surface area is 256 Å². The number of carbonyl (C=O) groups excluding carboxylic acids is 3. The number of hydrogen-bond donors (Lipinski definition) is 5. The van der Waals surface area contributed by atoms with Crippen LogP contribution in [-0.4, -0.2) is 53.8 Å². The average molecular weight is 589 g/mol. The summed E-state index contributed by atoms with van der Waals surface area (Å²) in [6.07, 6.45) is 4.25. The first-order valence-corrected chi connectivity index (χ1v) is 15.0. The van der Waals surface area contributed by atoms with E-state index in [9.17, 15) is 14.4 Å². The van der Waals surface area contributed by atoms with Crippen LogP contribution in [0, 0.1) is 13.8 Å². The number of nitrogens with zero attached hydrogens (tertiary/aromatic N) is 1. The van der Waals surface area contributed by atoms with Gasteiger partial charge in [-0.25, -0.2) is 0 Å². The Bertz CT molecular complexity index is 1750. The van der Waals surface area contributed by atoms with Crippen molar-refractivity contribution in [2.24, 2.45) is 0 Å². The van der Waals surface area contributed by atoms with E-state index in [1.807, 2.05) is 80.6 Å². The zero-order chi connectivity index (χ0) is 30.6. The maximum Gasteiger partial charge on any atom is 0.256 e. The number of benzene rings is 3. The Hall–Kier alpha value is -5.15. The predicted octanol–water partition coefficient (Wildman–Crippen LogP) is 5.95. The van der Waals surface area contributed by atoms with E-state index >= 15 is 0 Å². The Morgan fingerprint density at radius 2 is 1.66 bits per heavy atom. The van der Waals surface area contributed by atoms with E-state index in [2.05, 4.69) is 31.2 Å². The highest BCUT2D eigenvalue weighted by Crippen LogP contribution is 2.40. The fraction of sp³-hybridized carbons (Fsp3) is 0.229. The Morgan fingerprint density at radius 3 is 2.45 bits per heavy atom. The first-order valence-electron chi connectivity index (χ1n) is 15.0. The van der Waals surface area contributed by atoms with Crippen molar-refractivity contribution in [2.75, 3.05) is 42.1 Å². The third-order valence-corrected chi connectivity index (χ3v) is 8.18. The van der Waals surface area contributed by atoms with Crippen LogP contribution in [0.15, 0.2) is 72.8 Å². The molecule has 4 aromatic rings. The summed E-state index contributed by atoms with van der Waals surface area (Å²) < 4.78 is 0. The number of aromatic amines is 1. The monoisotopic (exact) mass is 588 g/mol. The molecule has 5 N–H and O–H groups in total. The fourth-order valence-corrected chi connectivity index (χ4v) is 5.91. The molecule has 0 unspecified atom stereocenters. The van der Waals surface area contributed by atoms with Crippen LogP contribution >= 0.6 is 0 Å². The van der Waals surface area contributed by atoms with Crippen molar-refractivity contribution in [2.45, 2.75) is 26.7 Å². The molecule has 9 nitrogen and oxygen atoms in total. The molecule has 0 aliphatic carbocycles. The molecule has 224 valence electrons. The van der Waals surface area contributed by atoms with Gasteiger partial charge in [-0.1, -0.05) is 36.4 Å². The Balaban J connectivity index is 1.19. The van der Waals surface area contributed by atoms with Crippen LogP contribution in [0.25, 0.3) is 11.6 Å². The van der Waals surface area contributed by atoms with Crippen molar-refractivity contribution >= 4 is 52.1 Å². The number of H-pyrrole nitrogens is 1. The summed E-state index contributed by atoms with van der Waals surface area (Å²) in [6.45, 7) is 7.43. The van der Waals surface area contributed by atoms with E-state index in [-0.39, 0.29) is 17.7 Å². The summed E-state index contributed by atoms with van der Waals surface area (Å²) in [4.78, 5) is 44.6. The molecule has 3 amide bonds. The molecular weight excluding hydrogens is 552 g/mol. The van der Waals surface area contributed by atoms with Crippen molar-refractivity contribution < 1.29 is 14.4 Å². The molecule has 0 saturated carbocycles.